The van der Waals surface area contributed by atoms with Crippen molar-refractivity contribution in [1.82, 2.24) is 10.3 Å². The fourth-order valence-electron chi connectivity index (χ4n) is 1.52. The van der Waals surface area contributed by atoms with Crippen molar-refractivity contribution in [3.05, 3.63) is 23.4 Å². The van der Waals surface area contributed by atoms with Gasteiger partial charge in [0.2, 0.25) is 11.8 Å². The second-order valence-electron chi connectivity index (χ2n) is 4.69. The molecule has 1 aromatic rings. The van der Waals surface area contributed by atoms with Crippen LogP contribution in [0.4, 0.5) is 0 Å². The first-order chi connectivity index (χ1) is 8.99. The van der Waals surface area contributed by atoms with Crippen molar-refractivity contribution in [3.8, 4) is 5.88 Å². The first kappa shape index (κ1) is 15.7. The van der Waals surface area contributed by atoms with Crippen LogP contribution in [0.1, 0.15) is 20.3 Å². The average Bonchev–Trinajstić information content (AvgIpc) is 2.35. The largest absolute Gasteiger partial charge is 0.476 e. The molecular weight excluding hydrogens is 266 g/mol. The van der Waals surface area contributed by atoms with Crippen LogP contribution in [0.2, 0.25) is 5.02 Å². The second kappa shape index (κ2) is 7.96. The van der Waals surface area contributed by atoms with Crippen LogP contribution in [0.5, 0.6) is 5.88 Å². The number of ether oxygens (including phenoxy) is 1. The predicted molar refractivity (Wildman–Crippen MR) is 75.2 cm³/mol. The van der Waals surface area contributed by atoms with Gasteiger partial charge in [0.1, 0.15) is 6.61 Å². The fourth-order valence-corrected chi connectivity index (χ4v) is 1.64. The van der Waals surface area contributed by atoms with Gasteiger partial charge < -0.3 is 15.8 Å². The van der Waals surface area contributed by atoms with E-state index in [0.717, 1.165) is 0 Å². The molecule has 1 aromatic heterocycles. The lowest BCUT2D eigenvalue weighted by Gasteiger charge is -2.14. The number of nitrogens with one attached hydrogen (secondary N) is 1. The molecule has 1 atom stereocenters. The van der Waals surface area contributed by atoms with Crippen molar-refractivity contribution in [2.24, 2.45) is 11.7 Å². The van der Waals surface area contributed by atoms with Gasteiger partial charge in [-0.2, -0.15) is 0 Å². The third-order valence-corrected chi connectivity index (χ3v) is 2.64. The zero-order valence-electron chi connectivity index (χ0n) is 11.2. The van der Waals surface area contributed by atoms with Crippen molar-refractivity contribution in [2.75, 3.05) is 13.2 Å². The Morgan fingerprint density at radius 2 is 2.26 bits per heavy atom. The lowest BCUT2D eigenvalue weighted by Crippen LogP contribution is -2.42. The molecule has 0 saturated carbocycles. The van der Waals surface area contributed by atoms with Gasteiger partial charge in [-0.05, 0) is 18.4 Å². The summed E-state index contributed by atoms with van der Waals surface area (Å²) in [5.74, 6) is 0.724. The number of nitrogens with two attached hydrogens (primary N) is 1. The molecule has 0 unspecified atom stereocenters. The molecule has 1 amide bonds. The highest BCUT2D eigenvalue weighted by atomic mass is 35.5. The summed E-state index contributed by atoms with van der Waals surface area (Å²) in [6.07, 6.45) is 2.18. The van der Waals surface area contributed by atoms with Gasteiger partial charge in [0.05, 0.1) is 17.6 Å². The number of carbonyl (C=O) groups is 1. The fraction of sp³-hybridized carbons (Fsp3) is 0.538. The molecule has 5 nitrogen and oxygen atoms in total. The molecule has 0 bridgehead atoms. The van der Waals surface area contributed by atoms with Crippen molar-refractivity contribution in [2.45, 2.75) is 26.3 Å². The lowest BCUT2D eigenvalue weighted by molar-refractivity contribution is -0.122. The molecule has 0 aromatic carbocycles. The first-order valence-corrected chi connectivity index (χ1v) is 6.64. The predicted octanol–water partition coefficient (Wildman–Crippen LogP) is 1.60. The summed E-state index contributed by atoms with van der Waals surface area (Å²) in [6, 6.07) is 2.91. The summed E-state index contributed by atoms with van der Waals surface area (Å²) < 4.78 is 5.35. The number of nitrogens with zero attached hydrogens (tertiary/aromatic N) is 1. The van der Waals surface area contributed by atoms with Gasteiger partial charge in [-0.25, -0.2) is 4.98 Å². The van der Waals surface area contributed by atoms with Gasteiger partial charge in [-0.3, -0.25) is 4.79 Å². The van der Waals surface area contributed by atoms with Crippen LogP contribution < -0.4 is 15.8 Å². The number of amides is 1. The van der Waals surface area contributed by atoms with E-state index in [4.69, 9.17) is 22.1 Å². The van der Waals surface area contributed by atoms with Gasteiger partial charge in [-0.15, -0.1) is 0 Å². The third-order valence-electron chi connectivity index (χ3n) is 2.41. The van der Waals surface area contributed by atoms with E-state index in [2.05, 4.69) is 10.3 Å². The standard InChI is InChI=1S/C13H20ClN3O2/c1-9(2)7-11(15)13(18)16-5-6-19-12-4-3-10(14)8-17-12/h3-4,8-9,11H,5-7,15H2,1-2H3,(H,16,18)/t11-/m0/s1. The monoisotopic (exact) mass is 285 g/mol. The zero-order valence-corrected chi connectivity index (χ0v) is 12.0. The molecule has 0 aliphatic rings. The quantitative estimate of drug-likeness (QED) is 0.746. The maximum Gasteiger partial charge on any atom is 0.237 e. The highest BCUT2D eigenvalue weighted by Crippen LogP contribution is 2.10. The summed E-state index contributed by atoms with van der Waals surface area (Å²) in [7, 11) is 0. The minimum Gasteiger partial charge on any atom is -0.476 e. The molecule has 0 fully saturated rings. The molecule has 1 heterocycles. The summed E-state index contributed by atoms with van der Waals surface area (Å²) in [5.41, 5.74) is 5.75. The molecule has 0 radical (unpaired) electrons. The topological polar surface area (TPSA) is 77.2 Å². The Morgan fingerprint density at radius 3 is 2.84 bits per heavy atom. The highest BCUT2D eigenvalue weighted by molar-refractivity contribution is 6.30. The van der Waals surface area contributed by atoms with Gasteiger partial charge >= 0.3 is 0 Å². The first-order valence-electron chi connectivity index (χ1n) is 6.26. The lowest BCUT2D eigenvalue weighted by atomic mass is 10.0. The van der Waals surface area contributed by atoms with Crippen LogP contribution in [0.15, 0.2) is 18.3 Å². The summed E-state index contributed by atoms with van der Waals surface area (Å²) >= 11 is 5.70. The van der Waals surface area contributed by atoms with Crippen LogP contribution >= 0.6 is 11.6 Å². The number of halogens is 1. The Morgan fingerprint density at radius 1 is 1.53 bits per heavy atom. The SMILES string of the molecule is CC(C)C[C@H](N)C(=O)NCCOc1ccc(Cl)cn1. The average molecular weight is 286 g/mol. The molecule has 19 heavy (non-hydrogen) atoms. The van der Waals surface area contributed by atoms with Crippen molar-refractivity contribution in [3.63, 3.8) is 0 Å². The van der Waals surface area contributed by atoms with Gasteiger partial charge in [-0.1, -0.05) is 25.4 Å². The van der Waals surface area contributed by atoms with Gasteiger partial charge in [0.15, 0.2) is 0 Å². The smallest absolute Gasteiger partial charge is 0.237 e. The highest BCUT2D eigenvalue weighted by Gasteiger charge is 2.13. The van der Waals surface area contributed by atoms with E-state index < -0.39 is 6.04 Å². The van der Waals surface area contributed by atoms with E-state index in [1.165, 1.54) is 6.20 Å². The normalized spacial score (nSPS) is 12.3. The Hall–Kier alpha value is -1.33. The Labute approximate surface area is 118 Å². The zero-order chi connectivity index (χ0) is 14.3. The van der Waals surface area contributed by atoms with E-state index >= 15 is 0 Å². The molecule has 0 aliphatic heterocycles. The summed E-state index contributed by atoms with van der Waals surface area (Å²) in [5, 5.41) is 3.28. The maximum atomic E-state index is 11.6. The van der Waals surface area contributed by atoms with E-state index in [9.17, 15) is 4.79 Å². The van der Waals surface area contributed by atoms with Gasteiger partial charge in [0.25, 0.3) is 0 Å². The molecule has 3 N–H and O–H groups in total. The van der Waals surface area contributed by atoms with E-state index in [-0.39, 0.29) is 5.91 Å². The number of pyridine rings is 1. The van der Waals surface area contributed by atoms with Crippen LogP contribution in [0, 0.1) is 5.92 Å². The third kappa shape index (κ3) is 6.40. The van der Waals surface area contributed by atoms with Crippen LogP contribution in [0.3, 0.4) is 0 Å². The number of hydrogen-bond acceptors (Lipinski definition) is 4. The molecule has 1 rings (SSSR count). The van der Waals surface area contributed by atoms with E-state index in [1.807, 2.05) is 13.8 Å². The molecule has 0 spiro atoms. The molecule has 106 valence electrons. The van der Waals surface area contributed by atoms with Crippen LogP contribution in [-0.2, 0) is 4.79 Å². The molecule has 0 saturated heterocycles. The van der Waals surface area contributed by atoms with E-state index in [1.54, 1.807) is 12.1 Å². The second-order valence-corrected chi connectivity index (χ2v) is 5.13. The molecule has 6 heteroatoms. The summed E-state index contributed by atoms with van der Waals surface area (Å²) in [6.45, 7) is 4.80. The summed E-state index contributed by atoms with van der Waals surface area (Å²) in [4.78, 5) is 15.6. The molecular formula is C13H20ClN3O2. The number of carbonyl (C=O) groups excluding carboxylic acids is 1. The Balaban J connectivity index is 2.20. The Bertz CT molecular complexity index is 395. The van der Waals surface area contributed by atoms with Crippen molar-refractivity contribution >= 4 is 17.5 Å². The Kier molecular flexibility index (Phi) is 6.59. The van der Waals surface area contributed by atoms with E-state index in [0.29, 0.717) is 36.4 Å². The minimum atomic E-state index is -0.464. The van der Waals surface area contributed by atoms with Crippen molar-refractivity contribution in [1.29, 1.82) is 0 Å². The maximum absolute atomic E-state index is 11.6. The van der Waals surface area contributed by atoms with Crippen LogP contribution in [-0.4, -0.2) is 30.1 Å². The number of hydrogen-bond donors (Lipinski definition) is 2. The van der Waals surface area contributed by atoms with Crippen molar-refractivity contribution < 1.29 is 9.53 Å². The minimum absolute atomic E-state index is 0.152. The van der Waals surface area contributed by atoms with Crippen LogP contribution in [0.25, 0.3) is 0 Å². The van der Waals surface area contributed by atoms with Gasteiger partial charge in [0, 0.05) is 12.3 Å². The number of rotatable bonds is 7. The number of aromatic nitrogens is 1. The molecule has 0 aliphatic carbocycles.